The molecule has 0 saturated heterocycles. The number of hydrazine groups is 1. The molecule has 0 fully saturated rings. The summed E-state index contributed by atoms with van der Waals surface area (Å²) in [5.41, 5.74) is 9.11. The molecular weight excluding hydrogens is 222 g/mol. The molecule has 0 aliphatic rings. The Bertz CT molecular complexity index is 381. The third-order valence-electron chi connectivity index (χ3n) is 3.21. The van der Waals surface area contributed by atoms with Gasteiger partial charge in [-0.15, -0.1) is 0 Å². The molecule has 0 heterocycles. The summed E-state index contributed by atoms with van der Waals surface area (Å²) in [5, 5.41) is 1.64. The van der Waals surface area contributed by atoms with Crippen LogP contribution in [0, 0.1) is 0 Å². The average Bonchev–Trinajstić information content (AvgIpc) is 2.38. The molecule has 0 amide bonds. The molecule has 0 aliphatic heterocycles. The Hall–Kier alpha value is -1.48. The highest BCUT2D eigenvalue weighted by molar-refractivity contribution is 5.62. The first-order valence-electron chi connectivity index (χ1n) is 6.67. The minimum absolute atomic E-state index is 0.593. The van der Waals surface area contributed by atoms with Gasteiger partial charge < -0.3 is 10.7 Å². The zero-order valence-corrected chi connectivity index (χ0v) is 11.7. The maximum atomic E-state index is 6.02. The van der Waals surface area contributed by atoms with Crippen LogP contribution in [-0.2, 0) is 0 Å². The number of hydrogen-bond acceptors (Lipinski definition) is 3. The van der Waals surface area contributed by atoms with Gasteiger partial charge in [-0.1, -0.05) is 45.0 Å². The van der Waals surface area contributed by atoms with Gasteiger partial charge in [0.15, 0.2) is 0 Å². The van der Waals surface area contributed by atoms with Crippen molar-refractivity contribution < 1.29 is 0 Å². The minimum atomic E-state index is 0.593. The van der Waals surface area contributed by atoms with Gasteiger partial charge >= 0.3 is 0 Å². The fourth-order valence-electron chi connectivity index (χ4n) is 1.82. The van der Waals surface area contributed by atoms with E-state index in [4.69, 9.17) is 11.6 Å². The van der Waals surface area contributed by atoms with E-state index in [1.165, 1.54) is 5.56 Å². The van der Waals surface area contributed by atoms with Gasteiger partial charge in [-0.25, -0.2) is 5.84 Å². The molecule has 100 valence electrons. The van der Waals surface area contributed by atoms with Crippen molar-refractivity contribution in [2.45, 2.75) is 39.5 Å². The summed E-state index contributed by atoms with van der Waals surface area (Å²) >= 11 is 0. The summed E-state index contributed by atoms with van der Waals surface area (Å²) in [4.78, 5) is 0. The molecule has 1 aromatic carbocycles. The van der Waals surface area contributed by atoms with E-state index in [2.05, 4.69) is 45.0 Å². The van der Waals surface area contributed by atoms with Crippen LogP contribution < -0.4 is 11.6 Å². The van der Waals surface area contributed by atoms with Crippen molar-refractivity contribution >= 4 is 5.70 Å². The lowest BCUT2D eigenvalue weighted by Gasteiger charge is -2.14. The van der Waals surface area contributed by atoms with E-state index >= 15 is 0 Å². The molecular formula is C15H25N3. The number of rotatable bonds is 6. The molecule has 4 N–H and O–H groups in total. The lowest BCUT2D eigenvalue weighted by atomic mass is 9.97. The molecule has 1 rings (SSSR count). The van der Waals surface area contributed by atoms with Crippen molar-refractivity contribution in [3.63, 3.8) is 0 Å². The van der Waals surface area contributed by atoms with Crippen molar-refractivity contribution in [3.8, 4) is 0 Å². The minimum Gasteiger partial charge on any atom is -0.397 e. The number of hydrogen-bond donors (Lipinski definition) is 2. The van der Waals surface area contributed by atoms with Gasteiger partial charge in [0.05, 0.1) is 5.70 Å². The second kappa shape index (κ2) is 7.07. The molecule has 0 aromatic heterocycles. The molecule has 0 radical (unpaired) electrons. The number of nitrogens with zero attached hydrogens (tertiary/aromatic N) is 1. The lowest BCUT2D eigenvalue weighted by molar-refractivity contribution is 0.394. The second-order valence-electron chi connectivity index (χ2n) is 4.75. The van der Waals surface area contributed by atoms with Crippen LogP contribution in [0.25, 0.3) is 5.70 Å². The van der Waals surface area contributed by atoms with E-state index in [0.717, 1.165) is 24.9 Å². The zero-order valence-electron chi connectivity index (χ0n) is 11.7. The van der Waals surface area contributed by atoms with Gasteiger partial charge in [0.2, 0.25) is 0 Å². The van der Waals surface area contributed by atoms with Crippen LogP contribution in [0.15, 0.2) is 30.5 Å². The molecule has 0 spiro atoms. The van der Waals surface area contributed by atoms with Crippen molar-refractivity contribution in [2.75, 3.05) is 6.54 Å². The van der Waals surface area contributed by atoms with Crippen LogP contribution in [0.5, 0.6) is 0 Å². The molecule has 1 unspecified atom stereocenters. The van der Waals surface area contributed by atoms with Crippen LogP contribution in [0.1, 0.15) is 50.7 Å². The molecule has 0 saturated carbocycles. The Morgan fingerprint density at radius 1 is 1.28 bits per heavy atom. The summed E-state index contributed by atoms with van der Waals surface area (Å²) in [6.07, 6.45) is 3.95. The Morgan fingerprint density at radius 2 is 1.89 bits per heavy atom. The van der Waals surface area contributed by atoms with Crippen LogP contribution in [-0.4, -0.2) is 11.6 Å². The van der Waals surface area contributed by atoms with Crippen LogP contribution in [0.3, 0.4) is 0 Å². The molecule has 0 aliphatic carbocycles. The molecule has 1 atom stereocenters. The summed E-state index contributed by atoms with van der Waals surface area (Å²) in [6.45, 7) is 7.33. The maximum Gasteiger partial charge on any atom is 0.0564 e. The molecule has 0 bridgehead atoms. The van der Waals surface area contributed by atoms with E-state index in [-0.39, 0.29) is 0 Å². The lowest BCUT2D eigenvalue weighted by Crippen LogP contribution is -2.26. The van der Waals surface area contributed by atoms with E-state index in [1.807, 2.05) is 0 Å². The van der Waals surface area contributed by atoms with E-state index in [0.29, 0.717) is 11.6 Å². The van der Waals surface area contributed by atoms with Crippen molar-refractivity contribution in [3.05, 3.63) is 41.6 Å². The van der Waals surface area contributed by atoms with E-state index in [1.54, 1.807) is 11.2 Å². The number of nitrogens with two attached hydrogens (primary N) is 2. The second-order valence-corrected chi connectivity index (χ2v) is 4.75. The molecule has 3 heteroatoms. The topological polar surface area (TPSA) is 55.3 Å². The predicted octanol–water partition coefficient (Wildman–Crippen LogP) is 3.04. The highest BCUT2D eigenvalue weighted by atomic mass is 15.4. The van der Waals surface area contributed by atoms with Crippen molar-refractivity contribution in [1.82, 2.24) is 5.01 Å². The monoisotopic (exact) mass is 247 g/mol. The average molecular weight is 247 g/mol. The Balaban J connectivity index is 2.78. The van der Waals surface area contributed by atoms with Crippen molar-refractivity contribution in [2.24, 2.45) is 11.6 Å². The number of benzene rings is 1. The summed E-state index contributed by atoms with van der Waals surface area (Å²) in [5.74, 6) is 6.39. The molecule has 1 aromatic rings. The standard InChI is InChI=1S/C15H25N3/c1-4-10-18(17)11-15(16)14-8-6-13(7-9-14)12(3)5-2/h6-9,11-12H,4-5,10,16-17H2,1-3H3/b15-11-. The predicted molar refractivity (Wildman–Crippen MR) is 78.5 cm³/mol. The van der Waals surface area contributed by atoms with E-state index < -0.39 is 0 Å². The highest BCUT2D eigenvalue weighted by Gasteiger charge is 2.03. The van der Waals surface area contributed by atoms with Gasteiger partial charge in [0.1, 0.15) is 0 Å². The van der Waals surface area contributed by atoms with Gasteiger partial charge in [-0.05, 0) is 29.9 Å². The summed E-state index contributed by atoms with van der Waals surface area (Å²) in [7, 11) is 0. The first-order valence-corrected chi connectivity index (χ1v) is 6.67. The maximum absolute atomic E-state index is 6.02. The fraction of sp³-hybridized carbons (Fsp3) is 0.467. The molecule has 3 nitrogen and oxygen atoms in total. The summed E-state index contributed by atoms with van der Waals surface area (Å²) in [6, 6.07) is 8.41. The third kappa shape index (κ3) is 4.08. The third-order valence-corrected chi connectivity index (χ3v) is 3.21. The van der Waals surface area contributed by atoms with Crippen LogP contribution >= 0.6 is 0 Å². The van der Waals surface area contributed by atoms with Gasteiger partial charge in [-0.3, -0.25) is 0 Å². The SMILES string of the molecule is CCCN(N)/C=C(\N)c1ccc(C(C)CC)cc1. The van der Waals surface area contributed by atoms with Crippen LogP contribution in [0.4, 0.5) is 0 Å². The Morgan fingerprint density at radius 3 is 2.39 bits per heavy atom. The van der Waals surface area contributed by atoms with Gasteiger partial charge in [0.25, 0.3) is 0 Å². The Labute approximate surface area is 110 Å². The van der Waals surface area contributed by atoms with Crippen LogP contribution in [0.2, 0.25) is 0 Å². The molecule has 18 heavy (non-hydrogen) atoms. The fourth-order valence-corrected chi connectivity index (χ4v) is 1.82. The summed E-state index contributed by atoms with van der Waals surface area (Å²) < 4.78 is 0. The van der Waals surface area contributed by atoms with E-state index in [9.17, 15) is 0 Å². The Kier molecular flexibility index (Phi) is 5.72. The van der Waals surface area contributed by atoms with Crippen molar-refractivity contribution in [1.29, 1.82) is 0 Å². The zero-order chi connectivity index (χ0) is 13.5. The first kappa shape index (κ1) is 14.6. The van der Waals surface area contributed by atoms with Gasteiger partial charge in [0, 0.05) is 12.7 Å². The largest absolute Gasteiger partial charge is 0.397 e. The quantitative estimate of drug-likeness (QED) is 0.600. The normalized spacial score (nSPS) is 13.4. The van der Waals surface area contributed by atoms with Gasteiger partial charge in [-0.2, -0.15) is 0 Å². The smallest absolute Gasteiger partial charge is 0.0564 e. The highest BCUT2D eigenvalue weighted by Crippen LogP contribution is 2.20. The first-order chi connectivity index (χ1) is 8.58.